The first-order chi connectivity index (χ1) is 13.2. The number of aromatic nitrogens is 1. The van der Waals surface area contributed by atoms with Crippen molar-refractivity contribution < 1.29 is 23.6 Å². The minimum Gasteiger partial charge on any atom is -0.507 e. The second-order valence-electron chi connectivity index (χ2n) is 6.16. The van der Waals surface area contributed by atoms with Crippen LogP contribution in [0.5, 0.6) is 5.75 Å². The van der Waals surface area contributed by atoms with E-state index in [1.807, 2.05) is 0 Å². The molecule has 0 saturated heterocycles. The number of pyridine rings is 1. The lowest BCUT2D eigenvalue weighted by Gasteiger charge is -2.07. The second-order valence-corrected chi connectivity index (χ2v) is 7.61. The minimum absolute atomic E-state index is 0.171. The molecule has 8 heteroatoms. The molecule has 1 atom stereocenters. The Hall–Kier alpha value is -3.00. The molecular formula is C20H21NO6S. The highest BCUT2D eigenvalue weighted by molar-refractivity contribution is 7.84. The maximum absolute atomic E-state index is 12.4. The van der Waals surface area contributed by atoms with Gasteiger partial charge in [-0.2, -0.15) is 0 Å². The number of benzene rings is 1. The van der Waals surface area contributed by atoms with Crippen LogP contribution in [-0.2, 0) is 33.1 Å². The fourth-order valence-electron chi connectivity index (χ4n) is 2.51. The summed E-state index contributed by atoms with van der Waals surface area (Å²) in [6, 6.07) is 8.32. The molecule has 0 bridgehead atoms. The number of hydrogen-bond acceptors (Lipinski definition) is 6. The summed E-state index contributed by atoms with van der Waals surface area (Å²) >= 11 is 0. The topological polar surface area (TPSA) is 103 Å². The van der Waals surface area contributed by atoms with Gasteiger partial charge in [-0.25, -0.2) is 0 Å². The van der Waals surface area contributed by atoms with Crippen molar-refractivity contribution in [1.29, 1.82) is 0 Å². The van der Waals surface area contributed by atoms with Crippen LogP contribution >= 0.6 is 0 Å². The minimum atomic E-state index is -1.41. The van der Waals surface area contributed by atoms with E-state index >= 15 is 0 Å². The lowest BCUT2D eigenvalue weighted by atomic mass is 10.1. The average Bonchev–Trinajstić information content (AvgIpc) is 2.64. The fraction of sp³-hybridized carbons (Fsp3) is 0.250. The molecule has 0 amide bonds. The maximum Gasteiger partial charge on any atom is 0.318 e. The molecule has 0 spiro atoms. The number of methoxy groups -OCH3 is 1. The van der Waals surface area contributed by atoms with E-state index in [1.165, 1.54) is 36.9 Å². The number of aromatic hydroxyl groups is 1. The van der Waals surface area contributed by atoms with E-state index in [4.69, 9.17) is 0 Å². The van der Waals surface area contributed by atoms with Crippen LogP contribution < -0.4 is 5.56 Å². The van der Waals surface area contributed by atoms with E-state index < -0.39 is 28.1 Å². The van der Waals surface area contributed by atoms with Crippen molar-refractivity contribution >= 4 is 28.6 Å². The number of rotatable bonds is 7. The first-order valence-corrected chi connectivity index (χ1v) is 9.84. The molecule has 1 aromatic carbocycles. The van der Waals surface area contributed by atoms with Gasteiger partial charge in [-0.05, 0) is 24.1 Å². The van der Waals surface area contributed by atoms with Gasteiger partial charge in [-0.3, -0.25) is 18.6 Å². The Bertz CT molecular complexity index is 1020. The lowest BCUT2D eigenvalue weighted by molar-refractivity contribution is -0.137. The Morgan fingerprint density at radius 3 is 2.68 bits per heavy atom. The van der Waals surface area contributed by atoms with E-state index in [0.29, 0.717) is 11.3 Å². The number of ether oxygens (including phenoxy) is 1. The van der Waals surface area contributed by atoms with Crippen molar-refractivity contribution in [3.05, 3.63) is 69.1 Å². The van der Waals surface area contributed by atoms with Gasteiger partial charge in [0.05, 0.1) is 7.11 Å². The van der Waals surface area contributed by atoms with Crippen LogP contribution in [0.4, 0.5) is 0 Å². The molecule has 0 saturated carbocycles. The van der Waals surface area contributed by atoms with Gasteiger partial charge in [0.1, 0.15) is 17.1 Å². The van der Waals surface area contributed by atoms with Crippen molar-refractivity contribution in [3.8, 4) is 5.75 Å². The standard InChI is InChI=1S/C20H21NO6S/c1-13-9-17(23)19(20(25)21(13)2)16(22)8-7-14-5-4-6-15(10-14)11-28(26)12-18(24)27-3/h4-10,23H,11-12H2,1-3H3. The second kappa shape index (κ2) is 9.27. The Morgan fingerprint density at radius 2 is 2.00 bits per heavy atom. The molecule has 28 heavy (non-hydrogen) atoms. The molecular weight excluding hydrogens is 382 g/mol. The number of carbonyl (C=O) groups excluding carboxylic acids is 2. The smallest absolute Gasteiger partial charge is 0.318 e. The summed E-state index contributed by atoms with van der Waals surface area (Å²) in [7, 11) is 1.36. The highest BCUT2D eigenvalue weighted by Gasteiger charge is 2.16. The molecule has 148 valence electrons. The third-order valence-electron chi connectivity index (χ3n) is 4.11. The Kier molecular flexibility index (Phi) is 7.06. The first kappa shape index (κ1) is 21.3. The molecule has 2 aromatic rings. The summed E-state index contributed by atoms with van der Waals surface area (Å²) in [4.78, 5) is 35.8. The van der Waals surface area contributed by atoms with Crippen molar-refractivity contribution in [3.63, 3.8) is 0 Å². The van der Waals surface area contributed by atoms with Crippen molar-refractivity contribution in [2.45, 2.75) is 12.7 Å². The van der Waals surface area contributed by atoms with Crippen LogP contribution in [-0.4, -0.2) is 38.5 Å². The van der Waals surface area contributed by atoms with Crippen LogP contribution in [0.2, 0.25) is 0 Å². The fourth-order valence-corrected chi connectivity index (χ4v) is 3.54. The van der Waals surface area contributed by atoms with Gasteiger partial charge in [0, 0.05) is 35.4 Å². The zero-order chi connectivity index (χ0) is 20.8. The predicted octanol–water partition coefficient (Wildman–Crippen LogP) is 1.72. The number of carbonyl (C=O) groups is 2. The van der Waals surface area contributed by atoms with Crippen LogP contribution in [0.25, 0.3) is 6.08 Å². The van der Waals surface area contributed by atoms with Crippen molar-refractivity contribution in [1.82, 2.24) is 4.57 Å². The monoisotopic (exact) mass is 403 g/mol. The molecule has 7 nitrogen and oxygen atoms in total. The Morgan fingerprint density at radius 1 is 1.29 bits per heavy atom. The molecule has 0 aliphatic carbocycles. The van der Waals surface area contributed by atoms with Gasteiger partial charge in [-0.15, -0.1) is 0 Å². The van der Waals surface area contributed by atoms with Gasteiger partial charge in [0.2, 0.25) is 0 Å². The summed E-state index contributed by atoms with van der Waals surface area (Å²) < 4.78 is 17.7. The zero-order valence-corrected chi connectivity index (χ0v) is 16.6. The summed E-state index contributed by atoms with van der Waals surface area (Å²) in [6.07, 6.45) is 2.71. The summed E-state index contributed by atoms with van der Waals surface area (Å²) in [6.45, 7) is 1.65. The summed E-state index contributed by atoms with van der Waals surface area (Å²) in [5.41, 5.74) is 1.06. The number of nitrogens with zero attached hydrogens (tertiary/aromatic N) is 1. The molecule has 1 unspecified atom stereocenters. The summed E-state index contributed by atoms with van der Waals surface area (Å²) in [5.74, 6) is -1.53. The normalized spacial score (nSPS) is 12.1. The van der Waals surface area contributed by atoms with E-state index in [0.717, 1.165) is 5.56 Å². The molecule has 0 radical (unpaired) electrons. The molecule has 1 heterocycles. The number of allylic oxidation sites excluding steroid dienone is 1. The average molecular weight is 403 g/mol. The highest BCUT2D eigenvalue weighted by Crippen LogP contribution is 2.16. The van der Waals surface area contributed by atoms with Crippen LogP contribution in [0, 0.1) is 6.92 Å². The van der Waals surface area contributed by atoms with Crippen LogP contribution in [0.3, 0.4) is 0 Å². The van der Waals surface area contributed by atoms with Gasteiger partial charge in [0.15, 0.2) is 5.78 Å². The van der Waals surface area contributed by atoms with E-state index in [2.05, 4.69) is 4.74 Å². The van der Waals surface area contributed by atoms with E-state index in [-0.39, 0.29) is 22.8 Å². The Labute approximate surface area is 164 Å². The third-order valence-corrected chi connectivity index (χ3v) is 5.32. The molecule has 1 aromatic heterocycles. The summed E-state index contributed by atoms with van der Waals surface area (Å²) in [5, 5.41) is 9.96. The molecule has 0 aliphatic rings. The van der Waals surface area contributed by atoms with E-state index in [1.54, 1.807) is 31.2 Å². The number of ketones is 1. The predicted molar refractivity (Wildman–Crippen MR) is 107 cm³/mol. The highest BCUT2D eigenvalue weighted by atomic mass is 32.2. The van der Waals surface area contributed by atoms with Gasteiger partial charge < -0.3 is 14.4 Å². The third kappa shape index (κ3) is 5.26. The molecule has 0 aliphatic heterocycles. The molecule has 1 N–H and O–H groups in total. The van der Waals surface area contributed by atoms with Gasteiger partial charge in [0.25, 0.3) is 5.56 Å². The number of esters is 1. The quantitative estimate of drug-likeness (QED) is 0.429. The van der Waals surface area contributed by atoms with Crippen LogP contribution in [0.1, 0.15) is 27.2 Å². The van der Waals surface area contributed by atoms with Gasteiger partial charge in [-0.1, -0.05) is 30.3 Å². The number of hydrogen-bond donors (Lipinski definition) is 1. The zero-order valence-electron chi connectivity index (χ0n) is 15.8. The van der Waals surface area contributed by atoms with Crippen molar-refractivity contribution in [2.75, 3.05) is 12.9 Å². The first-order valence-electron chi connectivity index (χ1n) is 8.35. The number of aryl methyl sites for hydroxylation is 1. The van der Waals surface area contributed by atoms with Crippen LogP contribution in [0.15, 0.2) is 41.2 Å². The van der Waals surface area contributed by atoms with Crippen molar-refractivity contribution in [2.24, 2.45) is 7.05 Å². The Balaban J connectivity index is 2.18. The maximum atomic E-state index is 12.4. The van der Waals surface area contributed by atoms with E-state index in [9.17, 15) is 23.7 Å². The van der Waals surface area contributed by atoms with Gasteiger partial charge >= 0.3 is 5.97 Å². The molecule has 0 fully saturated rings. The molecule has 2 rings (SSSR count). The largest absolute Gasteiger partial charge is 0.507 e. The lowest BCUT2D eigenvalue weighted by Crippen LogP contribution is -2.25. The SMILES string of the molecule is COC(=O)CS(=O)Cc1cccc(C=CC(=O)c2c(O)cc(C)n(C)c2=O)c1.